The van der Waals surface area contributed by atoms with Gasteiger partial charge in [-0.1, -0.05) is 38.5 Å². The van der Waals surface area contributed by atoms with Crippen LogP contribution in [0.15, 0.2) is 29.8 Å². The molecule has 1 N–H and O–H groups in total. The first kappa shape index (κ1) is 14.0. The molecule has 3 aromatic rings. The predicted octanol–water partition coefficient (Wildman–Crippen LogP) is 4.67. The molecule has 2 heterocycles. The molecule has 0 atom stereocenters. The first-order valence-corrected chi connectivity index (χ1v) is 7.79. The van der Waals surface area contributed by atoms with E-state index in [1.807, 2.05) is 24.4 Å². The summed E-state index contributed by atoms with van der Waals surface area (Å²) in [7, 11) is 0. The number of pyridine rings is 1. The van der Waals surface area contributed by atoms with Crippen molar-refractivity contribution in [3.05, 3.63) is 41.0 Å². The van der Waals surface area contributed by atoms with E-state index in [0.29, 0.717) is 5.69 Å². The number of aromatic nitrogens is 2. The Morgan fingerprint density at radius 3 is 2.52 bits per heavy atom. The SMILES string of the molecule is Cc1ccc2c(C(C)(C)C)nc(-c3nccs3)c(O)c2c1. The highest BCUT2D eigenvalue weighted by atomic mass is 32.1. The zero-order chi connectivity index (χ0) is 15.2. The number of nitrogens with zero attached hydrogens (tertiary/aromatic N) is 2. The number of thiazole rings is 1. The highest BCUT2D eigenvalue weighted by Gasteiger charge is 2.23. The minimum absolute atomic E-state index is 0.104. The van der Waals surface area contributed by atoms with Gasteiger partial charge in [0.1, 0.15) is 10.7 Å². The van der Waals surface area contributed by atoms with Crippen LogP contribution in [0.25, 0.3) is 21.5 Å². The Morgan fingerprint density at radius 2 is 1.90 bits per heavy atom. The Labute approximate surface area is 128 Å². The molecule has 1 aromatic carbocycles. The summed E-state index contributed by atoms with van der Waals surface area (Å²) in [5.41, 5.74) is 2.58. The second kappa shape index (κ2) is 4.81. The third kappa shape index (κ3) is 2.40. The van der Waals surface area contributed by atoms with E-state index in [0.717, 1.165) is 27.0 Å². The minimum atomic E-state index is -0.104. The summed E-state index contributed by atoms with van der Waals surface area (Å²) in [5, 5.41) is 15.1. The monoisotopic (exact) mass is 298 g/mol. The highest BCUT2D eigenvalue weighted by molar-refractivity contribution is 7.13. The van der Waals surface area contributed by atoms with Crippen LogP contribution in [0.4, 0.5) is 0 Å². The molecule has 0 saturated heterocycles. The Hall–Kier alpha value is -1.94. The first-order chi connectivity index (χ1) is 9.88. The lowest BCUT2D eigenvalue weighted by Gasteiger charge is -2.22. The average Bonchev–Trinajstić information content (AvgIpc) is 2.92. The van der Waals surface area contributed by atoms with Crippen LogP contribution in [0.5, 0.6) is 5.75 Å². The minimum Gasteiger partial charge on any atom is -0.505 e. The fraction of sp³-hybridized carbons (Fsp3) is 0.294. The third-order valence-corrected chi connectivity index (χ3v) is 4.26. The van der Waals surface area contributed by atoms with Crippen molar-refractivity contribution in [3.8, 4) is 16.5 Å². The van der Waals surface area contributed by atoms with Gasteiger partial charge in [0.25, 0.3) is 0 Å². The maximum atomic E-state index is 10.6. The molecular weight excluding hydrogens is 280 g/mol. The number of rotatable bonds is 1. The van der Waals surface area contributed by atoms with Crippen LogP contribution in [0.1, 0.15) is 32.0 Å². The maximum absolute atomic E-state index is 10.6. The van der Waals surface area contributed by atoms with E-state index in [1.54, 1.807) is 6.20 Å². The summed E-state index contributed by atoms with van der Waals surface area (Å²) >= 11 is 1.49. The van der Waals surface area contributed by atoms with E-state index in [9.17, 15) is 5.11 Å². The van der Waals surface area contributed by atoms with Gasteiger partial charge < -0.3 is 5.11 Å². The van der Waals surface area contributed by atoms with E-state index in [-0.39, 0.29) is 11.2 Å². The van der Waals surface area contributed by atoms with E-state index < -0.39 is 0 Å². The third-order valence-electron chi connectivity index (χ3n) is 3.48. The van der Waals surface area contributed by atoms with Crippen LogP contribution in [-0.2, 0) is 5.41 Å². The molecule has 108 valence electrons. The Bertz CT molecular complexity index is 802. The maximum Gasteiger partial charge on any atom is 0.152 e. The second-order valence-electron chi connectivity index (χ2n) is 6.29. The molecule has 2 aromatic heterocycles. The molecule has 3 rings (SSSR count). The molecule has 4 heteroatoms. The van der Waals surface area contributed by atoms with Gasteiger partial charge in [0.2, 0.25) is 0 Å². The van der Waals surface area contributed by atoms with Crippen LogP contribution in [0.2, 0.25) is 0 Å². The largest absolute Gasteiger partial charge is 0.505 e. The van der Waals surface area contributed by atoms with Crippen LogP contribution in [-0.4, -0.2) is 15.1 Å². The van der Waals surface area contributed by atoms with Gasteiger partial charge in [-0.15, -0.1) is 11.3 Å². The van der Waals surface area contributed by atoms with Gasteiger partial charge in [0.15, 0.2) is 5.75 Å². The van der Waals surface area contributed by atoms with Crippen molar-refractivity contribution in [2.24, 2.45) is 0 Å². The topological polar surface area (TPSA) is 46.0 Å². The van der Waals surface area contributed by atoms with Gasteiger partial charge in [-0.25, -0.2) is 9.97 Å². The lowest BCUT2D eigenvalue weighted by molar-refractivity contribution is 0.479. The molecule has 21 heavy (non-hydrogen) atoms. The molecule has 0 bridgehead atoms. The summed E-state index contributed by atoms with van der Waals surface area (Å²) in [6.45, 7) is 8.44. The molecule has 0 aliphatic rings. The van der Waals surface area contributed by atoms with Crippen LogP contribution < -0.4 is 0 Å². The quantitative estimate of drug-likeness (QED) is 0.710. The number of aromatic hydroxyl groups is 1. The van der Waals surface area contributed by atoms with Crippen molar-refractivity contribution < 1.29 is 5.11 Å². The van der Waals surface area contributed by atoms with E-state index >= 15 is 0 Å². The fourth-order valence-electron chi connectivity index (χ4n) is 2.47. The Balaban J connectivity index is 2.43. The number of fused-ring (bicyclic) bond motifs is 1. The molecular formula is C17H18N2OS. The molecule has 0 spiro atoms. The van der Waals surface area contributed by atoms with Crippen molar-refractivity contribution >= 4 is 22.1 Å². The molecule has 3 nitrogen and oxygen atoms in total. The van der Waals surface area contributed by atoms with Crippen molar-refractivity contribution in [2.75, 3.05) is 0 Å². The Morgan fingerprint density at radius 1 is 1.14 bits per heavy atom. The number of hydrogen-bond donors (Lipinski definition) is 1. The normalized spacial score (nSPS) is 12.0. The summed E-state index contributed by atoms with van der Waals surface area (Å²) < 4.78 is 0. The zero-order valence-corrected chi connectivity index (χ0v) is 13.5. The number of aryl methyl sites for hydroxylation is 1. The van der Waals surface area contributed by atoms with E-state index in [2.05, 4.69) is 31.8 Å². The smallest absolute Gasteiger partial charge is 0.152 e. The standard InChI is InChI=1S/C17H18N2OS/c1-10-5-6-11-12(9-10)14(20)13(16-18-7-8-21-16)19-15(11)17(2,3)4/h5-9,20H,1-4H3. The molecule has 0 aliphatic carbocycles. The van der Waals surface area contributed by atoms with Gasteiger partial charge in [-0.05, 0) is 13.0 Å². The van der Waals surface area contributed by atoms with Crippen LogP contribution >= 0.6 is 11.3 Å². The van der Waals surface area contributed by atoms with Crippen LogP contribution in [0.3, 0.4) is 0 Å². The lowest BCUT2D eigenvalue weighted by atomic mass is 9.87. The predicted molar refractivity (Wildman–Crippen MR) is 88.0 cm³/mol. The van der Waals surface area contributed by atoms with Crippen LogP contribution in [0, 0.1) is 6.92 Å². The van der Waals surface area contributed by atoms with Crippen molar-refractivity contribution in [1.82, 2.24) is 9.97 Å². The van der Waals surface area contributed by atoms with Gasteiger partial charge in [0.05, 0.1) is 5.69 Å². The molecule has 0 aliphatic heterocycles. The summed E-state index contributed by atoms with van der Waals surface area (Å²) in [6, 6.07) is 6.12. The van der Waals surface area contributed by atoms with Crippen molar-refractivity contribution in [2.45, 2.75) is 33.1 Å². The molecule has 0 radical (unpaired) electrons. The summed E-state index contributed by atoms with van der Waals surface area (Å²) in [6.07, 6.45) is 1.73. The van der Waals surface area contributed by atoms with Crippen molar-refractivity contribution in [3.63, 3.8) is 0 Å². The molecule has 0 unspecified atom stereocenters. The van der Waals surface area contributed by atoms with Gasteiger partial charge in [-0.3, -0.25) is 0 Å². The van der Waals surface area contributed by atoms with E-state index in [1.165, 1.54) is 11.3 Å². The average molecular weight is 298 g/mol. The fourth-order valence-corrected chi connectivity index (χ4v) is 3.10. The highest BCUT2D eigenvalue weighted by Crippen LogP contribution is 2.40. The Kier molecular flexibility index (Phi) is 3.21. The van der Waals surface area contributed by atoms with Gasteiger partial charge >= 0.3 is 0 Å². The molecule has 0 saturated carbocycles. The van der Waals surface area contributed by atoms with Gasteiger partial charge in [0, 0.05) is 27.8 Å². The van der Waals surface area contributed by atoms with E-state index in [4.69, 9.17) is 4.98 Å². The number of hydrogen-bond acceptors (Lipinski definition) is 4. The number of benzene rings is 1. The second-order valence-corrected chi connectivity index (χ2v) is 7.19. The lowest BCUT2D eigenvalue weighted by Crippen LogP contribution is -2.15. The molecule has 0 amide bonds. The van der Waals surface area contributed by atoms with Gasteiger partial charge in [-0.2, -0.15) is 0 Å². The zero-order valence-electron chi connectivity index (χ0n) is 12.6. The summed E-state index contributed by atoms with van der Waals surface area (Å²) in [4.78, 5) is 9.04. The first-order valence-electron chi connectivity index (χ1n) is 6.91. The summed E-state index contributed by atoms with van der Waals surface area (Å²) in [5.74, 6) is 0.219. The molecule has 0 fully saturated rings. The van der Waals surface area contributed by atoms with Crippen molar-refractivity contribution in [1.29, 1.82) is 0 Å².